The molecular weight excluding hydrogens is 298 g/mol. The number of amides is 1. The minimum Gasteiger partial charge on any atom is -0.484 e. The number of carboxylic acids is 1. The van der Waals surface area contributed by atoms with E-state index in [4.69, 9.17) is 15.2 Å². The summed E-state index contributed by atoms with van der Waals surface area (Å²) >= 11 is 0. The Bertz CT molecular complexity index is 654. The van der Waals surface area contributed by atoms with Gasteiger partial charge in [0.05, 0.1) is 0 Å². The van der Waals surface area contributed by atoms with E-state index in [2.05, 4.69) is 0 Å². The van der Waals surface area contributed by atoms with Gasteiger partial charge in [-0.3, -0.25) is 4.79 Å². The summed E-state index contributed by atoms with van der Waals surface area (Å²) in [6, 6.07) is 15.5. The molecule has 0 radical (unpaired) electrons. The first-order chi connectivity index (χ1) is 11.0. The maximum absolute atomic E-state index is 11.4. The lowest BCUT2D eigenvalue weighted by atomic mass is 10.1. The summed E-state index contributed by atoms with van der Waals surface area (Å²) in [6.45, 7) is -0.200. The van der Waals surface area contributed by atoms with E-state index in [0.29, 0.717) is 11.5 Å². The SMILES string of the molecule is NC(=O)COc1ccc(CC(Oc2ccccc2)C(=O)O)cc1. The van der Waals surface area contributed by atoms with Gasteiger partial charge in [-0.05, 0) is 29.8 Å². The van der Waals surface area contributed by atoms with Gasteiger partial charge in [-0.1, -0.05) is 30.3 Å². The highest BCUT2D eigenvalue weighted by Crippen LogP contribution is 2.17. The van der Waals surface area contributed by atoms with E-state index in [-0.39, 0.29) is 13.0 Å². The molecule has 0 aliphatic rings. The lowest BCUT2D eigenvalue weighted by Crippen LogP contribution is -2.29. The Morgan fingerprint density at radius 1 is 1.00 bits per heavy atom. The van der Waals surface area contributed by atoms with Gasteiger partial charge in [-0.15, -0.1) is 0 Å². The summed E-state index contributed by atoms with van der Waals surface area (Å²) < 4.78 is 10.6. The zero-order valence-corrected chi connectivity index (χ0v) is 12.3. The van der Waals surface area contributed by atoms with Crippen molar-refractivity contribution in [2.24, 2.45) is 5.73 Å². The van der Waals surface area contributed by atoms with E-state index in [1.807, 2.05) is 6.07 Å². The van der Waals surface area contributed by atoms with Crippen LogP contribution >= 0.6 is 0 Å². The zero-order valence-electron chi connectivity index (χ0n) is 12.3. The molecular formula is C17H17NO5. The van der Waals surface area contributed by atoms with Crippen LogP contribution in [0.5, 0.6) is 11.5 Å². The normalized spacial score (nSPS) is 11.5. The molecule has 2 rings (SSSR count). The first kappa shape index (κ1) is 16.4. The van der Waals surface area contributed by atoms with Gasteiger partial charge in [0.1, 0.15) is 11.5 Å². The molecule has 0 fully saturated rings. The van der Waals surface area contributed by atoms with Crippen molar-refractivity contribution in [3.05, 3.63) is 60.2 Å². The van der Waals surface area contributed by atoms with Crippen LogP contribution in [0.25, 0.3) is 0 Å². The Balaban J connectivity index is 1.99. The molecule has 2 aromatic carbocycles. The molecule has 0 aromatic heterocycles. The first-order valence-electron chi connectivity index (χ1n) is 6.99. The molecule has 0 heterocycles. The second-order valence-electron chi connectivity index (χ2n) is 4.86. The number of carboxylic acid groups (broad SMARTS) is 1. The first-order valence-corrected chi connectivity index (χ1v) is 6.99. The average molecular weight is 315 g/mol. The summed E-state index contributed by atoms with van der Waals surface area (Å²) in [7, 11) is 0. The van der Waals surface area contributed by atoms with Crippen molar-refractivity contribution in [2.75, 3.05) is 6.61 Å². The van der Waals surface area contributed by atoms with E-state index in [1.54, 1.807) is 48.5 Å². The van der Waals surface area contributed by atoms with E-state index < -0.39 is 18.0 Å². The quantitative estimate of drug-likeness (QED) is 0.771. The summed E-state index contributed by atoms with van der Waals surface area (Å²) in [4.78, 5) is 22.0. The minimum atomic E-state index is -1.04. The third kappa shape index (κ3) is 5.35. The molecule has 0 spiro atoms. The van der Waals surface area contributed by atoms with Gasteiger partial charge in [-0.25, -0.2) is 4.79 Å². The van der Waals surface area contributed by atoms with E-state index >= 15 is 0 Å². The Morgan fingerprint density at radius 2 is 1.65 bits per heavy atom. The van der Waals surface area contributed by atoms with Crippen molar-refractivity contribution in [3.63, 3.8) is 0 Å². The van der Waals surface area contributed by atoms with E-state index in [0.717, 1.165) is 5.56 Å². The summed E-state index contributed by atoms with van der Waals surface area (Å²) in [6.07, 6.45) is -0.782. The number of hydrogen-bond donors (Lipinski definition) is 2. The third-order valence-corrected chi connectivity index (χ3v) is 3.02. The second-order valence-corrected chi connectivity index (χ2v) is 4.86. The number of primary amides is 1. The number of carbonyl (C=O) groups excluding carboxylic acids is 1. The lowest BCUT2D eigenvalue weighted by molar-refractivity contribution is -0.145. The van der Waals surface area contributed by atoms with Gasteiger partial charge in [0.2, 0.25) is 0 Å². The zero-order chi connectivity index (χ0) is 16.7. The van der Waals surface area contributed by atoms with Crippen molar-refractivity contribution in [3.8, 4) is 11.5 Å². The smallest absolute Gasteiger partial charge is 0.345 e. The predicted octanol–water partition coefficient (Wildman–Crippen LogP) is 1.63. The Hall–Kier alpha value is -3.02. The molecule has 23 heavy (non-hydrogen) atoms. The monoisotopic (exact) mass is 315 g/mol. The van der Waals surface area contributed by atoms with Crippen LogP contribution in [0.1, 0.15) is 5.56 Å². The number of carbonyl (C=O) groups is 2. The summed E-state index contributed by atoms with van der Waals surface area (Å²) in [5, 5.41) is 9.29. The van der Waals surface area contributed by atoms with Crippen molar-refractivity contribution in [1.82, 2.24) is 0 Å². The molecule has 1 unspecified atom stereocenters. The molecule has 0 saturated heterocycles. The number of hydrogen-bond acceptors (Lipinski definition) is 4. The Labute approximate surface area is 133 Å². The predicted molar refractivity (Wildman–Crippen MR) is 83.3 cm³/mol. The van der Waals surface area contributed by atoms with Crippen molar-refractivity contribution in [1.29, 1.82) is 0 Å². The van der Waals surface area contributed by atoms with Crippen molar-refractivity contribution in [2.45, 2.75) is 12.5 Å². The van der Waals surface area contributed by atoms with Crippen molar-refractivity contribution >= 4 is 11.9 Å². The molecule has 2 aromatic rings. The van der Waals surface area contributed by atoms with Crippen LogP contribution in [-0.2, 0) is 16.0 Å². The van der Waals surface area contributed by atoms with Crippen molar-refractivity contribution < 1.29 is 24.2 Å². The van der Waals surface area contributed by atoms with E-state index in [1.165, 1.54) is 0 Å². The Morgan fingerprint density at radius 3 is 2.22 bits per heavy atom. The van der Waals surface area contributed by atoms with Crippen LogP contribution in [0.3, 0.4) is 0 Å². The molecule has 1 amide bonds. The van der Waals surface area contributed by atoms with Gasteiger partial charge in [0, 0.05) is 6.42 Å². The number of ether oxygens (including phenoxy) is 2. The highest BCUT2D eigenvalue weighted by atomic mass is 16.5. The largest absolute Gasteiger partial charge is 0.484 e. The maximum Gasteiger partial charge on any atom is 0.345 e. The third-order valence-electron chi connectivity index (χ3n) is 3.02. The molecule has 0 bridgehead atoms. The molecule has 6 heteroatoms. The standard InChI is InChI=1S/C17H17NO5/c18-16(19)11-22-13-8-6-12(7-9-13)10-15(17(20)21)23-14-4-2-1-3-5-14/h1-9,15H,10-11H2,(H2,18,19)(H,20,21). The van der Waals surface area contributed by atoms with Crippen LogP contribution < -0.4 is 15.2 Å². The van der Waals surface area contributed by atoms with E-state index in [9.17, 15) is 14.7 Å². The topological polar surface area (TPSA) is 98.9 Å². The number of benzene rings is 2. The minimum absolute atomic E-state index is 0.200. The van der Waals surface area contributed by atoms with Gasteiger partial charge in [0.25, 0.3) is 5.91 Å². The summed E-state index contributed by atoms with van der Waals surface area (Å²) in [5.74, 6) is -0.607. The number of para-hydroxylation sites is 1. The fourth-order valence-corrected chi connectivity index (χ4v) is 1.93. The number of nitrogens with two attached hydrogens (primary N) is 1. The highest BCUT2D eigenvalue weighted by molar-refractivity contribution is 5.75. The van der Waals surface area contributed by atoms with Gasteiger partial charge in [0.15, 0.2) is 12.7 Å². The lowest BCUT2D eigenvalue weighted by Gasteiger charge is -2.15. The molecule has 6 nitrogen and oxygen atoms in total. The highest BCUT2D eigenvalue weighted by Gasteiger charge is 2.20. The second kappa shape index (κ2) is 7.84. The Kier molecular flexibility index (Phi) is 5.57. The van der Waals surface area contributed by atoms with Gasteiger partial charge in [-0.2, -0.15) is 0 Å². The molecule has 0 saturated carbocycles. The molecule has 0 aliphatic carbocycles. The van der Waals surface area contributed by atoms with Crippen LogP contribution in [-0.4, -0.2) is 29.7 Å². The van der Waals surface area contributed by atoms with Crippen LogP contribution in [0.4, 0.5) is 0 Å². The number of aliphatic carboxylic acids is 1. The van der Waals surface area contributed by atoms with Crippen LogP contribution in [0.2, 0.25) is 0 Å². The summed E-state index contributed by atoms with van der Waals surface area (Å²) in [5.41, 5.74) is 5.77. The number of rotatable bonds is 8. The fourth-order valence-electron chi connectivity index (χ4n) is 1.93. The molecule has 1 atom stereocenters. The molecule has 3 N–H and O–H groups in total. The van der Waals surface area contributed by atoms with Crippen LogP contribution in [0.15, 0.2) is 54.6 Å². The van der Waals surface area contributed by atoms with Gasteiger partial charge >= 0.3 is 5.97 Å². The fraction of sp³-hybridized carbons (Fsp3) is 0.176. The molecule has 0 aliphatic heterocycles. The molecule has 120 valence electrons. The van der Waals surface area contributed by atoms with Crippen LogP contribution in [0, 0.1) is 0 Å². The average Bonchev–Trinajstić information content (AvgIpc) is 2.54. The van der Waals surface area contributed by atoms with Gasteiger partial charge < -0.3 is 20.3 Å². The maximum atomic E-state index is 11.4.